The highest BCUT2D eigenvalue weighted by Gasteiger charge is 2.18. The van der Waals surface area contributed by atoms with Gasteiger partial charge < -0.3 is 19.2 Å². The maximum Gasteiger partial charge on any atom is 0.291 e. The van der Waals surface area contributed by atoms with Crippen LogP contribution in [0.25, 0.3) is 0 Å². The van der Waals surface area contributed by atoms with Crippen molar-refractivity contribution in [2.75, 3.05) is 12.4 Å². The number of nitrogens with zero attached hydrogens (tertiary/aromatic N) is 2. The Labute approximate surface area is 196 Å². The van der Waals surface area contributed by atoms with Gasteiger partial charge in [0.05, 0.1) is 30.7 Å². The standard InChI is InChI=1S/C25H24ClN3O4/c1-16-24(17(2)29(28-16)14-18-4-6-19(26)7-5-18)27-25(30)23-13-12-22(33-23)15-32-21-10-8-20(31-3)9-11-21/h4-13H,14-15H2,1-3H3,(H,27,30). The number of carbonyl (C=O) groups is 1. The molecule has 4 rings (SSSR count). The lowest BCUT2D eigenvalue weighted by Crippen LogP contribution is -2.12. The van der Waals surface area contributed by atoms with E-state index in [-0.39, 0.29) is 18.3 Å². The molecule has 1 amide bonds. The molecule has 7 nitrogen and oxygen atoms in total. The normalized spacial score (nSPS) is 10.8. The summed E-state index contributed by atoms with van der Waals surface area (Å²) in [7, 11) is 1.61. The highest BCUT2D eigenvalue weighted by atomic mass is 35.5. The van der Waals surface area contributed by atoms with Crippen molar-refractivity contribution in [3.05, 3.63) is 94.2 Å². The lowest BCUT2D eigenvalue weighted by molar-refractivity contribution is 0.0992. The van der Waals surface area contributed by atoms with Crippen LogP contribution in [0.1, 0.15) is 33.3 Å². The van der Waals surface area contributed by atoms with Crippen molar-refractivity contribution < 1.29 is 18.7 Å². The average Bonchev–Trinajstić information content (AvgIpc) is 3.40. The summed E-state index contributed by atoms with van der Waals surface area (Å²) in [5.41, 5.74) is 3.31. The molecule has 0 saturated heterocycles. The molecule has 33 heavy (non-hydrogen) atoms. The summed E-state index contributed by atoms with van der Waals surface area (Å²) < 4.78 is 18.4. The fourth-order valence-corrected chi connectivity index (χ4v) is 3.50. The fraction of sp³-hybridized carbons (Fsp3) is 0.200. The SMILES string of the molecule is COc1ccc(OCc2ccc(C(=O)Nc3c(C)nn(Cc4ccc(Cl)cc4)c3C)o2)cc1. The molecule has 0 spiro atoms. The highest BCUT2D eigenvalue weighted by molar-refractivity contribution is 6.30. The van der Waals surface area contributed by atoms with Gasteiger partial charge in [-0.15, -0.1) is 0 Å². The summed E-state index contributed by atoms with van der Waals surface area (Å²) in [4.78, 5) is 12.8. The molecule has 4 aromatic rings. The number of benzene rings is 2. The Hall–Kier alpha value is -3.71. The summed E-state index contributed by atoms with van der Waals surface area (Å²) in [5.74, 6) is 1.83. The molecule has 0 aliphatic carbocycles. The van der Waals surface area contributed by atoms with Gasteiger partial charge in [-0.05, 0) is 67.9 Å². The molecule has 0 radical (unpaired) electrons. The van der Waals surface area contributed by atoms with Gasteiger partial charge in [-0.1, -0.05) is 23.7 Å². The number of aromatic nitrogens is 2. The maximum atomic E-state index is 12.8. The van der Waals surface area contributed by atoms with E-state index in [2.05, 4.69) is 10.4 Å². The average molecular weight is 466 g/mol. The number of amides is 1. The molecule has 1 N–H and O–H groups in total. The minimum absolute atomic E-state index is 0.201. The molecule has 0 bridgehead atoms. The number of hydrogen-bond donors (Lipinski definition) is 1. The van der Waals surface area contributed by atoms with Crippen molar-refractivity contribution in [1.82, 2.24) is 9.78 Å². The Morgan fingerprint density at radius 1 is 1.03 bits per heavy atom. The second-order valence-corrected chi connectivity index (χ2v) is 7.95. The minimum atomic E-state index is -0.344. The lowest BCUT2D eigenvalue weighted by atomic mass is 10.2. The van der Waals surface area contributed by atoms with Gasteiger partial charge in [-0.3, -0.25) is 9.48 Å². The molecule has 0 aliphatic heterocycles. The summed E-state index contributed by atoms with van der Waals surface area (Å²) in [6, 6.07) is 18.2. The number of anilines is 1. The fourth-order valence-electron chi connectivity index (χ4n) is 3.37. The van der Waals surface area contributed by atoms with Gasteiger partial charge in [0.2, 0.25) is 0 Å². The van der Waals surface area contributed by atoms with Crippen LogP contribution in [-0.2, 0) is 13.2 Å². The Morgan fingerprint density at radius 3 is 2.42 bits per heavy atom. The molecular weight excluding hydrogens is 442 g/mol. The van der Waals surface area contributed by atoms with Crippen LogP contribution in [0.2, 0.25) is 5.02 Å². The Balaban J connectivity index is 1.39. The van der Waals surface area contributed by atoms with Gasteiger partial charge >= 0.3 is 0 Å². The third kappa shape index (κ3) is 5.38. The van der Waals surface area contributed by atoms with Gasteiger partial charge in [0, 0.05) is 5.02 Å². The molecule has 0 fully saturated rings. The largest absolute Gasteiger partial charge is 0.497 e. The maximum absolute atomic E-state index is 12.8. The zero-order chi connectivity index (χ0) is 23.4. The summed E-state index contributed by atoms with van der Waals surface area (Å²) in [6.07, 6.45) is 0. The van der Waals surface area contributed by atoms with Crippen LogP contribution in [0.15, 0.2) is 65.1 Å². The first-order valence-electron chi connectivity index (χ1n) is 10.4. The Morgan fingerprint density at radius 2 is 1.73 bits per heavy atom. The number of halogens is 1. The van der Waals surface area contributed by atoms with Crippen LogP contribution in [0, 0.1) is 13.8 Å². The van der Waals surface area contributed by atoms with Crippen LogP contribution < -0.4 is 14.8 Å². The van der Waals surface area contributed by atoms with E-state index in [0.717, 1.165) is 22.7 Å². The quantitative estimate of drug-likeness (QED) is 0.364. The Bertz CT molecular complexity index is 1240. The molecule has 0 unspecified atom stereocenters. The highest BCUT2D eigenvalue weighted by Crippen LogP contribution is 2.23. The van der Waals surface area contributed by atoms with E-state index in [0.29, 0.717) is 28.8 Å². The molecule has 0 aliphatic rings. The second kappa shape index (κ2) is 9.83. The van der Waals surface area contributed by atoms with Gasteiger partial charge in [0.25, 0.3) is 5.91 Å². The van der Waals surface area contributed by atoms with Gasteiger partial charge in [-0.25, -0.2) is 0 Å². The van der Waals surface area contributed by atoms with Crippen LogP contribution in [0.4, 0.5) is 5.69 Å². The number of hydrogen-bond acceptors (Lipinski definition) is 5. The van der Waals surface area contributed by atoms with E-state index >= 15 is 0 Å². The van der Waals surface area contributed by atoms with Crippen molar-refractivity contribution in [3.8, 4) is 11.5 Å². The minimum Gasteiger partial charge on any atom is -0.497 e. The molecule has 2 aromatic carbocycles. The molecule has 170 valence electrons. The van der Waals surface area contributed by atoms with Gasteiger partial charge in [0.15, 0.2) is 5.76 Å². The van der Waals surface area contributed by atoms with Crippen LogP contribution in [-0.4, -0.2) is 22.8 Å². The first kappa shape index (κ1) is 22.5. The van der Waals surface area contributed by atoms with Crippen molar-refractivity contribution >= 4 is 23.2 Å². The lowest BCUT2D eigenvalue weighted by Gasteiger charge is -2.07. The number of aryl methyl sites for hydroxylation is 1. The molecule has 2 aromatic heterocycles. The van der Waals surface area contributed by atoms with Crippen LogP contribution >= 0.6 is 11.6 Å². The first-order chi connectivity index (χ1) is 15.9. The Kier molecular flexibility index (Phi) is 6.70. The van der Waals surface area contributed by atoms with Crippen LogP contribution in [0.5, 0.6) is 11.5 Å². The molecule has 2 heterocycles. The van der Waals surface area contributed by atoms with E-state index in [9.17, 15) is 4.79 Å². The molecule has 0 saturated carbocycles. The smallest absolute Gasteiger partial charge is 0.291 e. The third-order valence-corrected chi connectivity index (χ3v) is 5.44. The predicted octanol–water partition coefficient (Wildman–Crippen LogP) is 5.63. The molecule has 8 heteroatoms. The topological polar surface area (TPSA) is 78.5 Å². The number of methoxy groups -OCH3 is 1. The van der Waals surface area contributed by atoms with Crippen molar-refractivity contribution in [3.63, 3.8) is 0 Å². The van der Waals surface area contributed by atoms with Crippen LogP contribution in [0.3, 0.4) is 0 Å². The van der Waals surface area contributed by atoms with Crippen molar-refractivity contribution in [2.24, 2.45) is 0 Å². The van der Waals surface area contributed by atoms with Gasteiger partial charge in [0.1, 0.15) is 23.9 Å². The molecular formula is C25H24ClN3O4. The zero-order valence-corrected chi connectivity index (χ0v) is 19.3. The summed E-state index contributed by atoms with van der Waals surface area (Å²) in [6.45, 7) is 4.56. The third-order valence-electron chi connectivity index (χ3n) is 5.19. The van der Waals surface area contributed by atoms with Gasteiger partial charge in [-0.2, -0.15) is 5.10 Å². The van der Waals surface area contributed by atoms with E-state index < -0.39 is 0 Å². The zero-order valence-electron chi connectivity index (χ0n) is 18.6. The number of furan rings is 1. The number of rotatable bonds is 8. The first-order valence-corrected chi connectivity index (χ1v) is 10.8. The molecule has 0 atom stereocenters. The number of nitrogens with one attached hydrogen (secondary N) is 1. The number of carbonyl (C=O) groups excluding carboxylic acids is 1. The number of ether oxygens (including phenoxy) is 2. The van der Waals surface area contributed by atoms with Crippen molar-refractivity contribution in [2.45, 2.75) is 27.0 Å². The second-order valence-electron chi connectivity index (χ2n) is 7.51. The summed E-state index contributed by atoms with van der Waals surface area (Å²) in [5, 5.41) is 8.17. The predicted molar refractivity (Wildman–Crippen MR) is 126 cm³/mol. The van der Waals surface area contributed by atoms with Crippen molar-refractivity contribution in [1.29, 1.82) is 0 Å². The van der Waals surface area contributed by atoms with E-state index in [1.807, 2.05) is 67.1 Å². The van der Waals surface area contributed by atoms with E-state index in [4.69, 9.17) is 25.5 Å². The van der Waals surface area contributed by atoms with E-state index in [1.165, 1.54) is 0 Å². The monoisotopic (exact) mass is 465 g/mol. The summed E-state index contributed by atoms with van der Waals surface area (Å²) >= 11 is 5.96. The van der Waals surface area contributed by atoms with E-state index in [1.54, 1.807) is 19.2 Å².